The summed E-state index contributed by atoms with van der Waals surface area (Å²) in [7, 11) is 2.98. The van der Waals surface area contributed by atoms with Crippen molar-refractivity contribution >= 4 is 11.9 Å². The van der Waals surface area contributed by atoms with Gasteiger partial charge in [0.15, 0.2) is 5.69 Å². The number of nitrogens with zero attached hydrogens (tertiary/aromatic N) is 3. The molecule has 4 rings (SSSR count). The monoisotopic (exact) mass is 425 g/mol. The van der Waals surface area contributed by atoms with Gasteiger partial charge in [0.25, 0.3) is 5.91 Å². The summed E-state index contributed by atoms with van der Waals surface area (Å²) < 4.78 is 25.5. The molecule has 0 saturated carbocycles. The maximum atomic E-state index is 13.4. The van der Waals surface area contributed by atoms with Gasteiger partial charge in [-0.1, -0.05) is 0 Å². The van der Waals surface area contributed by atoms with Crippen molar-refractivity contribution in [2.45, 2.75) is 39.2 Å². The lowest BCUT2D eigenvalue weighted by Gasteiger charge is -2.17. The molecule has 7 nitrogen and oxygen atoms in total. The number of carbonyl (C=O) groups excluding carboxylic acids is 2. The Morgan fingerprint density at radius 3 is 2.65 bits per heavy atom. The van der Waals surface area contributed by atoms with Crippen LogP contribution in [0.25, 0.3) is 5.69 Å². The number of ether oxygens (including phenoxy) is 1. The van der Waals surface area contributed by atoms with Crippen LogP contribution in [0.1, 0.15) is 56.5 Å². The van der Waals surface area contributed by atoms with E-state index in [0.29, 0.717) is 22.8 Å². The number of aromatic nitrogens is 2. The Labute approximate surface area is 179 Å². The van der Waals surface area contributed by atoms with Crippen LogP contribution in [0.4, 0.5) is 4.39 Å². The summed E-state index contributed by atoms with van der Waals surface area (Å²) in [6.45, 7) is 1.87. The summed E-state index contributed by atoms with van der Waals surface area (Å²) >= 11 is 0. The first kappa shape index (κ1) is 20.8. The lowest BCUT2D eigenvalue weighted by atomic mass is 9.95. The number of hydrogen-bond donors (Lipinski definition) is 0. The van der Waals surface area contributed by atoms with Crippen LogP contribution in [0.3, 0.4) is 0 Å². The molecule has 2 heterocycles. The van der Waals surface area contributed by atoms with Crippen molar-refractivity contribution < 1.29 is 23.1 Å². The van der Waals surface area contributed by atoms with E-state index in [0.717, 1.165) is 42.6 Å². The van der Waals surface area contributed by atoms with Crippen LogP contribution in [0.5, 0.6) is 0 Å². The normalized spacial score (nSPS) is 13.0. The second-order valence-electron chi connectivity index (χ2n) is 7.70. The minimum Gasteiger partial charge on any atom is -0.465 e. The number of methoxy groups -OCH3 is 1. The van der Waals surface area contributed by atoms with Crippen LogP contribution in [0, 0.1) is 12.7 Å². The SMILES string of the molecule is COC(=O)c1cc(CN(C)C(=O)c2nn(-c3ccc(F)cc3)c3c2CCCC3)oc1C. The number of amides is 1. The van der Waals surface area contributed by atoms with E-state index in [1.165, 1.54) is 24.1 Å². The minimum atomic E-state index is -0.478. The molecule has 162 valence electrons. The zero-order valence-electron chi connectivity index (χ0n) is 17.8. The van der Waals surface area contributed by atoms with Gasteiger partial charge in [0.2, 0.25) is 0 Å². The Balaban J connectivity index is 1.62. The van der Waals surface area contributed by atoms with E-state index in [9.17, 15) is 14.0 Å². The van der Waals surface area contributed by atoms with Crippen LogP contribution < -0.4 is 0 Å². The molecule has 2 aromatic heterocycles. The third-order valence-electron chi connectivity index (χ3n) is 5.57. The van der Waals surface area contributed by atoms with Gasteiger partial charge in [0.05, 0.1) is 19.3 Å². The van der Waals surface area contributed by atoms with Gasteiger partial charge in [-0.15, -0.1) is 0 Å². The second-order valence-corrected chi connectivity index (χ2v) is 7.70. The zero-order chi connectivity index (χ0) is 22.1. The number of aryl methyl sites for hydroxylation is 1. The summed E-state index contributed by atoms with van der Waals surface area (Å²) in [5.41, 5.74) is 3.41. The topological polar surface area (TPSA) is 77.6 Å². The number of esters is 1. The Bertz CT molecular complexity index is 1130. The van der Waals surface area contributed by atoms with Crippen LogP contribution >= 0.6 is 0 Å². The number of fused-ring (bicyclic) bond motifs is 1. The first-order chi connectivity index (χ1) is 14.9. The van der Waals surface area contributed by atoms with Crippen molar-refractivity contribution in [1.29, 1.82) is 0 Å². The van der Waals surface area contributed by atoms with Crippen molar-refractivity contribution in [2.75, 3.05) is 14.2 Å². The summed E-state index contributed by atoms with van der Waals surface area (Å²) in [4.78, 5) is 26.6. The van der Waals surface area contributed by atoms with Crippen molar-refractivity contribution in [1.82, 2.24) is 14.7 Å². The second kappa shape index (κ2) is 8.37. The molecule has 31 heavy (non-hydrogen) atoms. The number of furan rings is 1. The highest BCUT2D eigenvalue weighted by molar-refractivity contribution is 5.94. The van der Waals surface area contributed by atoms with Gasteiger partial charge >= 0.3 is 5.97 Å². The fraction of sp³-hybridized carbons (Fsp3) is 0.348. The first-order valence-electron chi connectivity index (χ1n) is 10.2. The highest BCUT2D eigenvalue weighted by atomic mass is 19.1. The van der Waals surface area contributed by atoms with Gasteiger partial charge < -0.3 is 14.1 Å². The van der Waals surface area contributed by atoms with Crippen LogP contribution in [0.15, 0.2) is 34.7 Å². The quantitative estimate of drug-likeness (QED) is 0.581. The molecule has 1 aliphatic rings. The number of benzene rings is 1. The van der Waals surface area contributed by atoms with E-state index in [1.807, 2.05) is 0 Å². The van der Waals surface area contributed by atoms with Gasteiger partial charge in [0.1, 0.15) is 22.9 Å². The van der Waals surface area contributed by atoms with E-state index in [1.54, 1.807) is 36.9 Å². The summed E-state index contributed by atoms with van der Waals surface area (Å²) in [6, 6.07) is 7.69. The molecular formula is C23H24FN3O4. The van der Waals surface area contributed by atoms with Crippen LogP contribution in [0.2, 0.25) is 0 Å². The van der Waals surface area contributed by atoms with Gasteiger partial charge in [-0.25, -0.2) is 13.9 Å². The summed E-state index contributed by atoms with van der Waals surface area (Å²) in [5, 5.41) is 4.62. The van der Waals surface area contributed by atoms with Gasteiger partial charge in [-0.05, 0) is 62.9 Å². The third-order valence-corrected chi connectivity index (χ3v) is 5.57. The highest BCUT2D eigenvalue weighted by Crippen LogP contribution is 2.28. The Morgan fingerprint density at radius 1 is 1.23 bits per heavy atom. The average Bonchev–Trinajstić information content (AvgIpc) is 3.33. The Hall–Kier alpha value is -3.42. The largest absolute Gasteiger partial charge is 0.465 e. The lowest BCUT2D eigenvalue weighted by molar-refractivity contribution is 0.0598. The van der Waals surface area contributed by atoms with E-state index in [4.69, 9.17) is 9.15 Å². The van der Waals surface area contributed by atoms with Gasteiger partial charge in [-0.2, -0.15) is 5.10 Å². The molecule has 0 aliphatic heterocycles. The lowest BCUT2D eigenvalue weighted by Crippen LogP contribution is -2.27. The summed E-state index contributed by atoms with van der Waals surface area (Å²) in [6.07, 6.45) is 3.60. The third kappa shape index (κ3) is 3.97. The maximum Gasteiger partial charge on any atom is 0.341 e. The van der Waals surface area contributed by atoms with Crippen LogP contribution in [-0.4, -0.2) is 40.7 Å². The number of rotatable bonds is 5. The molecule has 0 radical (unpaired) electrons. The zero-order valence-corrected chi connectivity index (χ0v) is 17.8. The predicted molar refractivity (Wildman–Crippen MR) is 111 cm³/mol. The molecule has 0 atom stereocenters. The fourth-order valence-electron chi connectivity index (χ4n) is 3.99. The standard InChI is InChI=1S/C23H24FN3O4/c1-14-19(23(29)30-3)12-17(31-14)13-26(2)22(28)21-18-6-4-5-7-20(18)27(25-21)16-10-8-15(24)9-11-16/h8-12H,4-7,13H2,1-3H3. The summed E-state index contributed by atoms with van der Waals surface area (Å²) in [5.74, 6) is -0.0941. The Kier molecular flexibility index (Phi) is 5.63. The Morgan fingerprint density at radius 2 is 1.94 bits per heavy atom. The van der Waals surface area contributed by atoms with E-state index in [-0.39, 0.29) is 18.3 Å². The molecule has 0 N–H and O–H groups in total. The smallest absolute Gasteiger partial charge is 0.341 e. The van der Waals surface area contributed by atoms with Crippen molar-refractivity contribution in [3.63, 3.8) is 0 Å². The molecule has 3 aromatic rings. The molecule has 0 saturated heterocycles. The molecule has 0 fully saturated rings. The van der Waals surface area contributed by atoms with Crippen molar-refractivity contribution in [2.24, 2.45) is 0 Å². The van der Waals surface area contributed by atoms with Crippen molar-refractivity contribution in [3.05, 3.63) is 70.2 Å². The minimum absolute atomic E-state index is 0.189. The molecule has 1 amide bonds. The first-order valence-corrected chi connectivity index (χ1v) is 10.2. The molecule has 0 unspecified atom stereocenters. The molecular weight excluding hydrogens is 401 g/mol. The van der Waals surface area contributed by atoms with Crippen LogP contribution in [-0.2, 0) is 24.1 Å². The number of carbonyl (C=O) groups is 2. The fourth-order valence-corrected chi connectivity index (χ4v) is 3.99. The molecule has 1 aromatic carbocycles. The van der Waals surface area contributed by atoms with E-state index >= 15 is 0 Å². The maximum absolute atomic E-state index is 13.4. The molecule has 1 aliphatic carbocycles. The molecule has 8 heteroatoms. The van der Waals surface area contributed by atoms with E-state index < -0.39 is 5.97 Å². The van der Waals surface area contributed by atoms with Crippen molar-refractivity contribution in [3.8, 4) is 5.69 Å². The number of hydrogen-bond acceptors (Lipinski definition) is 5. The van der Waals surface area contributed by atoms with Gasteiger partial charge in [-0.3, -0.25) is 4.79 Å². The molecule has 0 spiro atoms. The predicted octanol–water partition coefficient (Wildman–Crippen LogP) is 3.85. The van der Waals surface area contributed by atoms with E-state index in [2.05, 4.69) is 5.10 Å². The number of halogens is 1. The van der Waals surface area contributed by atoms with Gasteiger partial charge in [0, 0.05) is 18.3 Å². The molecule has 0 bridgehead atoms. The highest BCUT2D eigenvalue weighted by Gasteiger charge is 2.28. The average molecular weight is 425 g/mol.